The number of amides is 1. The van der Waals surface area contributed by atoms with Crippen molar-refractivity contribution >= 4 is 15.9 Å². The van der Waals surface area contributed by atoms with Gasteiger partial charge in [0.05, 0.1) is 10.9 Å². The summed E-state index contributed by atoms with van der Waals surface area (Å²) >= 11 is 0. The van der Waals surface area contributed by atoms with Crippen LogP contribution in [0.2, 0.25) is 0 Å². The Morgan fingerprint density at radius 3 is 2.32 bits per heavy atom. The second-order valence-electron chi connectivity index (χ2n) is 7.32. The molecule has 1 atom stereocenters. The van der Waals surface area contributed by atoms with E-state index in [1.165, 1.54) is 15.9 Å². The molecular weight excluding hydrogens is 372 g/mol. The molecule has 150 valence electrons. The van der Waals surface area contributed by atoms with Crippen LogP contribution in [0.1, 0.15) is 54.2 Å². The van der Waals surface area contributed by atoms with Crippen molar-refractivity contribution in [2.45, 2.75) is 44.6 Å². The van der Waals surface area contributed by atoms with Crippen molar-refractivity contribution in [1.82, 2.24) is 9.62 Å². The van der Waals surface area contributed by atoms with Crippen LogP contribution in [0.3, 0.4) is 0 Å². The van der Waals surface area contributed by atoms with Crippen molar-refractivity contribution in [2.75, 3.05) is 13.1 Å². The lowest BCUT2D eigenvalue weighted by Crippen LogP contribution is -2.32. The highest BCUT2D eigenvalue weighted by atomic mass is 32.2. The SMILES string of the molecule is CCN(CC)S(=O)(=O)c1cccc(C(=O)NC(c2ccc(C)cc2)C2CC2)c1. The van der Waals surface area contributed by atoms with E-state index in [0.29, 0.717) is 24.6 Å². The van der Waals surface area contributed by atoms with Crippen LogP contribution in [-0.2, 0) is 10.0 Å². The van der Waals surface area contributed by atoms with E-state index in [-0.39, 0.29) is 16.8 Å². The first kappa shape index (κ1) is 20.6. The number of carbonyl (C=O) groups excluding carboxylic acids is 1. The topological polar surface area (TPSA) is 66.5 Å². The number of benzene rings is 2. The van der Waals surface area contributed by atoms with Crippen molar-refractivity contribution in [3.05, 3.63) is 65.2 Å². The number of sulfonamides is 1. The van der Waals surface area contributed by atoms with Gasteiger partial charge in [-0.2, -0.15) is 4.31 Å². The summed E-state index contributed by atoms with van der Waals surface area (Å²) < 4.78 is 26.9. The van der Waals surface area contributed by atoms with E-state index in [2.05, 4.69) is 17.4 Å². The summed E-state index contributed by atoms with van der Waals surface area (Å²) in [5.74, 6) is 0.198. The van der Waals surface area contributed by atoms with Gasteiger partial charge >= 0.3 is 0 Å². The molecule has 0 saturated heterocycles. The molecule has 0 aromatic heterocycles. The quantitative estimate of drug-likeness (QED) is 0.731. The first-order chi connectivity index (χ1) is 13.4. The Morgan fingerprint density at radius 1 is 1.11 bits per heavy atom. The summed E-state index contributed by atoms with van der Waals surface area (Å²) in [5, 5.41) is 3.12. The fourth-order valence-electron chi connectivity index (χ4n) is 3.41. The third kappa shape index (κ3) is 4.45. The summed E-state index contributed by atoms with van der Waals surface area (Å²) in [6.07, 6.45) is 2.18. The molecule has 1 N–H and O–H groups in total. The van der Waals surface area contributed by atoms with Gasteiger partial charge in [-0.05, 0) is 49.4 Å². The highest BCUT2D eigenvalue weighted by Gasteiger charge is 2.33. The maximum absolute atomic E-state index is 12.9. The first-order valence-electron chi connectivity index (χ1n) is 9.84. The monoisotopic (exact) mass is 400 g/mol. The Balaban J connectivity index is 1.83. The maximum Gasteiger partial charge on any atom is 0.251 e. The van der Waals surface area contributed by atoms with Gasteiger partial charge in [-0.1, -0.05) is 49.7 Å². The Morgan fingerprint density at radius 2 is 1.75 bits per heavy atom. The van der Waals surface area contributed by atoms with E-state index in [0.717, 1.165) is 18.4 Å². The van der Waals surface area contributed by atoms with Crippen LogP contribution < -0.4 is 5.32 Å². The molecule has 5 nitrogen and oxygen atoms in total. The molecule has 1 unspecified atom stereocenters. The average Bonchev–Trinajstić information content (AvgIpc) is 3.53. The van der Waals surface area contributed by atoms with Gasteiger partial charge in [0.15, 0.2) is 0 Å². The molecule has 2 aromatic carbocycles. The highest BCUT2D eigenvalue weighted by molar-refractivity contribution is 7.89. The lowest BCUT2D eigenvalue weighted by molar-refractivity contribution is 0.0931. The summed E-state index contributed by atoms with van der Waals surface area (Å²) in [6.45, 7) is 6.44. The van der Waals surface area contributed by atoms with Crippen LogP contribution in [-0.4, -0.2) is 31.7 Å². The zero-order valence-corrected chi connectivity index (χ0v) is 17.5. The van der Waals surface area contributed by atoms with Crippen LogP contribution in [0.25, 0.3) is 0 Å². The number of hydrogen-bond acceptors (Lipinski definition) is 3. The standard InChI is InChI=1S/C22H28N2O3S/c1-4-24(5-2)28(26,27)20-8-6-7-19(15-20)22(25)23-21(18-13-14-18)17-11-9-16(3)10-12-17/h6-12,15,18,21H,4-5,13-14H2,1-3H3,(H,23,25). The van der Waals surface area contributed by atoms with Crippen molar-refractivity contribution < 1.29 is 13.2 Å². The Labute approximate surface area is 167 Å². The van der Waals surface area contributed by atoms with Gasteiger partial charge in [0.1, 0.15) is 0 Å². The molecule has 3 rings (SSSR count). The fraction of sp³-hybridized carbons (Fsp3) is 0.409. The van der Waals surface area contributed by atoms with Crippen molar-refractivity contribution in [2.24, 2.45) is 5.92 Å². The van der Waals surface area contributed by atoms with E-state index < -0.39 is 10.0 Å². The van der Waals surface area contributed by atoms with E-state index in [9.17, 15) is 13.2 Å². The lowest BCUT2D eigenvalue weighted by Gasteiger charge is -2.20. The van der Waals surface area contributed by atoms with Crippen molar-refractivity contribution in [1.29, 1.82) is 0 Å². The fourth-order valence-corrected chi connectivity index (χ4v) is 4.92. The molecule has 1 fully saturated rings. The van der Waals surface area contributed by atoms with Gasteiger partial charge in [0.25, 0.3) is 5.91 Å². The average molecular weight is 401 g/mol. The van der Waals surface area contributed by atoms with E-state index >= 15 is 0 Å². The van der Waals surface area contributed by atoms with Crippen LogP contribution in [0.15, 0.2) is 53.4 Å². The Hall–Kier alpha value is -2.18. The summed E-state index contributed by atoms with van der Waals surface area (Å²) in [4.78, 5) is 13.1. The van der Waals surface area contributed by atoms with Gasteiger partial charge in [-0.15, -0.1) is 0 Å². The molecule has 28 heavy (non-hydrogen) atoms. The minimum atomic E-state index is -3.59. The molecule has 0 aliphatic heterocycles. The molecule has 1 amide bonds. The number of carbonyl (C=O) groups is 1. The van der Waals surface area contributed by atoms with E-state index in [1.807, 2.05) is 19.1 Å². The van der Waals surface area contributed by atoms with Gasteiger partial charge < -0.3 is 5.32 Å². The second-order valence-corrected chi connectivity index (χ2v) is 9.25. The summed E-state index contributed by atoms with van der Waals surface area (Å²) in [5.41, 5.74) is 2.64. The van der Waals surface area contributed by atoms with E-state index in [4.69, 9.17) is 0 Å². The molecule has 0 radical (unpaired) electrons. The molecule has 2 aromatic rings. The molecule has 6 heteroatoms. The molecule has 1 aliphatic rings. The number of rotatable bonds is 8. The molecule has 0 bridgehead atoms. The van der Waals surface area contributed by atoms with Crippen LogP contribution in [0.5, 0.6) is 0 Å². The van der Waals surface area contributed by atoms with Crippen LogP contribution in [0, 0.1) is 12.8 Å². The highest BCUT2D eigenvalue weighted by Crippen LogP contribution is 2.41. The Bertz CT molecular complexity index is 931. The van der Waals surface area contributed by atoms with Gasteiger partial charge in [0.2, 0.25) is 10.0 Å². The number of aryl methyl sites for hydroxylation is 1. The molecule has 0 heterocycles. The van der Waals surface area contributed by atoms with Gasteiger partial charge in [-0.25, -0.2) is 8.42 Å². The summed E-state index contributed by atoms with van der Waals surface area (Å²) in [6, 6.07) is 14.5. The normalized spacial score (nSPS) is 15.4. The molecular formula is C22H28N2O3S. The smallest absolute Gasteiger partial charge is 0.251 e. The first-order valence-corrected chi connectivity index (χ1v) is 11.3. The molecule has 0 spiro atoms. The largest absolute Gasteiger partial charge is 0.345 e. The maximum atomic E-state index is 12.9. The predicted molar refractivity (Wildman–Crippen MR) is 111 cm³/mol. The molecule has 1 aliphatic carbocycles. The van der Waals surface area contributed by atoms with E-state index in [1.54, 1.807) is 32.0 Å². The Kier molecular flexibility index (Phi) is 6.20. The van der Waals surface area contributed by atoms with Gasteiger partial charge in [0, 0.05) is 18.7 Å². The lowest BCUT2D eigenvalue weighted by atomic mass is 10.0. The van der Waals surface area contributed by atoms with Crippen LogP contribution >= 0.6 is 0 Å². The molecule has 1 saturated carbocycles. The van der Waals surface area contributed by atoms with Crippen molar-refractivity contribution in [3.8, 4) is 0 Å². The number of nitrogens with zero attached hydrogens (tertiary/aromatic N) is 1. The number of hydrogen-bond donors (Lipinski definition) is 1. The zero-order chi connectivity index (χ0) is 20.3. The number of nitrogens with one attached hydrogen (secondary N) is 1. The summed E-state index contributed by atoms with van der Waals surface area (Å²) in [7, 11) is -3.59. The van der Waals surface area contributed by atoms with Gasteiger partial charge in [-0.3, -0.25) is 4.79 Å². The third-order valence-electron chi connectivity index (χ3n) is 5.26. The van der Waals surface area contributed by atoms with Crippen molar-refractivity contribution in [3.63, 3.8) is 0 Å². The van der Waals surface area contributed by atoms with Crippen LogP contribution in [0.4, 0.5) is 0 Å². The minimum Gasteiger partial charge on any atom is -0.345 e. The second kappa shape index (κ2) is 8.45. The zero-order valence-electron chi connectivity index (χ0n) is 16.7. The third-order valence-corrected chi connectivity index (χ3v) is 7.30. The minimum absolute atomic E-state index is 0.0452. The predicted octanol–water partition coefficient (Wildman–Crippen LogP) is 3.91.